The minimum Gasteiger partial charge on any atom is -0.348 e. The number of hydrogen-bond acceptors (Lipinski definition) is 4. The van der Waals surface area contributed by atoms with Crippen LogP contribution in [0.1, 0.15) is 47.6 Å². The summed E-state index contributed by atoms with van der Waals surface area (Å²) in [5, 5.41) is 6.62. The van der Waals surface area contributed by atoms with Gasteiger partial charge < -0.3 is 10.2 Å². The topological polar surface area (TPSA) is 62.5 Å². The van der Waals surface area contributed by atoms with E-state index >= 15 is 0 Å². The quantitative estimate of drug-likeness (QED) is 0.852. The zero-order chi connectivity index (χ0) is 18.1. The zero-order valence-corrected chi connectivity index (χ0v) is 13.4. The predicted molar refractivity (Wildman–Crippen MR) is 80.9 cm³/mol. The molecule has 0 unspecified atom stereocenters. The summed E-state index contributed by atoms with van der Waals surface area (Å²) in [4.78, 5) is 18.0. The minimum atomic E-state index is -3.02. The van der Waals surface area contributed by atoms with E-state index in [-0.39, 0.29) is 17.4 Å². The molecule has 1 aliphatic heterocycles. The molecule has 0 bridgehead atoms. The van der Waals surface area contributed by atoms with Gasteiger partial charge in [0.1, 0.15) is 11.4 Å². The lowest BCUT2D eigenvalue weighted by molar-refractivity contribution is 0.0910. The highest BCUT2D eigenvalue weighted by atomic mass is 19.3. The second kappa shape index (κ2) is 6.95. The highest BCUT2D eigenvalue weighted by Crippen LogP contribution is 2.25. The number of aromatic nitrogens is 3. The maximum atomic E-state index is 13.1. The number of piperidine rings is 1. The average Bonchev–Trinajstić information content (AvgIpc) is 2.99. The molecule has 136 valence electrons. The number of fused-ring (bicyclic) bond motifs is 1. The highest BCUT2D eigenvalue weighted by molar-refractivity contribution is 5.93. The SMILES string of the molecule is CN1CCC(NC(=O)c2cc3nc(C(F)F)cc(C(F)F)n3n2)CC1. The van der Waals surface area contributed by atoms with Crippen LogP contribution in [0.5, 0.6) is 0 Å². The van der Waals surface area contributed by atoms with Crippen molar-refractivity contribution in [1.29, 1.82) is 0 Å². The number of hydrogen-bond donors (Lipinski definition) is 1. The van der Waals surface area contributed by atoms with Crippen LogP contribution in [0.4, 0.5) is 17.6 Å². The highest BCUT2D eigenvalue weighted by Gasteiger charge is 2.24. The summed E-state index contributed by atoms with van der Waals surface area (Å²) >= 11 is 0. The summed E-state index contributed by atoms with van der Waals surface area (Å²) in [6.07, 6.45) is -4.47. The number of likely N-dealkylation sites (tertiary alicyclic amines) is 1. The molecule has 0 saturated carbocycles. The summed E-state index contributed by atoms with van der Waals surface area (Å²) in [5.41, 5.74) is -1.83. The fourth-order valence-electron chi connectivity index (χ4n) is 2.81. The van der Waals surface area contributed by atoms with Gasteiger partial charge in [-0.1, -0.05) is 0 Å². The van der Waals surface area contributed by atoms with Crippen LogP contribution >= 0.6 is 0 Å². The molecule has 3 rings (SSSR count). The van der Waals surface area contributed by atoms with Crippen LogP contribution in [0.15, 0.2) is 12.1 Å². The summed E-state index contributed by atoms with van der Waals surface area (Å²) in [6.45, 7) is 1.68. The summed E-state index contributed by atoms with van der Waals surface area (Å²) in [5.74, 6) is -0.529. The first kappa shape index (κ1) is 17.6. The molecule has 0 aliphatic carbocycles. The number of alkyl halides is 4. The molecular formula is C15H17F4N5O. The fourth-order valence-corrected chi connectivity index (χ4v) is 2.81. The third-order valence-electron chi connectivity index (χ3n) is 4.21. The first-order chi connectivity index (χ1) is 11.8. The first-order valence-electron chi connectivity index (χ1n) is 7.81. The van der Waals surface area contributed by atoms with Crippen LogP contribution in [-0.4, -0.2) is 51.6 Å². The van der Waals surface area contributed by atoms with Crippen molar-refractivity contribution in [3.63, 3.8) is 0 Å². The minimum absolute atomic E-state index is 0.0346. The van der Waals surface area contributed by atoms with E-state index in [0.717, 1.165) is 36.5 Å². The maximum absolute atomic E-state index is 13.1. The standard InChI is InChI=1S/C15H17F4N5O/c1-23-4-2-8(3-5-23)20-15(25)10-7-12-21-9(13(16)17)6-11(14(18)19)24(12)22-10/h6-8,13-14H,2-5H2,1H3,(H,20,25). The van der Waals surface area contributed by atoms with E-state index in [1.165, 1.54) is 0 Å². The summed E-state index contributed by atoms with van der Waals surface area (Å²) in [6, 6.07) is 1.71. The lowest BCUT2D eigenvalue weighted by Gasteiger charge is -2.29. The molecule has 1 N–H and O–H groups in total. The second-order valence-electron chi connectivity index (χ2n) is 6.06. The van der Waals surface area contributed by atoms with Gasteiger partial charge in [-0.05, 0) is 39.0 Å². The molecule has 0 atom stereocenters. The van der Waals surface area contributed by atoms with E-state index in [2.05, 4.69) is 20.3 Å². The summed E-state index contributed by atoms with van der Waals surface area (Å²) < 4.78 is 52.6. The van der Waals surface area contributed by atoms with Gasteiger partial charge in [0.2, 0.25) is 0 Å². The van der Waals surface area contributed by atoms with Gasteiger partial charge in [0.25, 0.3) is 18.8 Å². The van der Waals surface area contributed by atoms with Crippen LogP contribution in [0.25, 0.3) is 5.65 Å². The van der Waals surface area contributed by atoms with Gasteiger partial charge in [-0.25, -0.2) is 27.1 Å². The number of carbonyl (C=O) groups is 1. The zero-order valence-electron chi connectivity index (χ0n) is 13.4. The third-order valence-corrected chi connectivity index (χ3v) is 4.21. The molecule has 1 fully saturated rings. The van der Waals surface area contributed by atoms with Gasteiger partial charge in [-0.3, -0.25) is 4.79 Å². The Hall–Kier alpha value is -2.23. The Balaban J connectivity index is 1.87. The van der Waals surface area contributed by atoms with E-state index in [1.54, 1.807) is 0 Å². The van der Waals surface area contributed by atoms with Crippen molar-refractivity contribution in [2.24, 2.45) is 0 Å². The Morgan fingerprint density at radius 1 is 1.20 bits per heavy atom. The molecule has 0 aromatic carbocycles. The molecule has 1 amide bonds. The molecule has 10 heteroatoms. The average molecular weight is 359 g/mol. The number of carbonyl (C=O) groups excluding carboxylic acids is 1. The molecule has 1 aliphatic rings. The number of nitrogens with zero attached hydrogens (tertiary/aromatic N) is 4. The number of rotatable bonds is 4. The van der Waals surface area contributed by atoms with Crippen molar-refractivity contribution in [2.75, 3.05) is 20.1 Å². The Bertz CT molecular complexity index is 771. The number of halogens is 4. The van der Waals surface area contributed by atoms with Crippen molar-refractivity contribution in [2.45, 2.75) is 31.7 Å². The van der Waals surface area contributed by atoms with E-state index < -0.39 is 30.1 Å². The number of amides is 1. The Morgan fingerprint density at radius 3 is 2.48 bits per heavy atom. The van der Waals surface area contributed by atoms with Crippen LogP contribution in [0, 0.1) is 0 Å². The van der Waals surface area contributed by atoms with Gasteiger partial charge in [-0.2, -0.15) is 5.10 Å². The van der Waals surface area contributed by atoms with Crippen LogP contribution in [-0.2, 0) is 0 Å². The normalized spacial score (nSPS) is 16.9. The molecule has 6 nitrogen and oxygen atoms in total. The van der Waals surface area contributed by atoms with E-state index in [4.69, 9.17) is 0 Å². The summed E-state index contributed by atoms with van der Waals surface area (Å²) in [7, 11) is 1.98. The smallest absolute Gasteiger partial charge is 0.280 e. The van der Waals surface area contributed by atoms with Crippen molar-refractivity contribution >= 4 is 11.6 Å². The van der Waals surface area contributed by atoms with Crippen molar-refractivity contribution in [3.05, 3.63) is 29.2 Å². The van der Waals surface area contributed by atoms with E-state index in [9.17, 15) is 22.4 Å². The maximum Gasteiger partial charge on any atom is 0.280 e. The molecule has 0 radical (unpaired) electrons. The Morgan fingerprint density at radius 2 is 1.88 bits per heavy atom. The molecule has 0 spiro atoms. The van der Waals surface area contributed by atoms with Crippen LogP contribution in [0.3, 0.4) is 0 Å². The predicted octanol–water partition coefficient (Wildman–Crippen LogP) is 2.43. The van der Waals surface area contributed by atoms with E-state index in [0.29, 0.717) is 6.07 Å². The van der Waals surface area contributed by atoms with Gasteiger partial charge in [0.05, 0.1) is 0 Å². The van der Waals surface area contributed by atoms with Crippen molar-refractivity contribution in [1.82, 2.24) is 24.8 Å². The monoisotopic (exact) mass is 359 g/mol. The molecule has 3 heterocycles. The van der Waals surface area contributed by atoms with Crippen LogP contribution in [0.2, 0.25) is 0 Å². The molecular weight excluding hydrogens is 342 g/mol. The van der Waals surface area contributed by atoms with Crippen molar-refractivity contribution < 1.29 is 22.4 Å². The lowest BCUT2D eigenvalue weighted by Crippen LogP contribution is -2.43. The molecule has 25 heavy (non-hydrogen) atoms. The van der Waals surface area contributed by atoms with Crippen molar-refractivity contribution in [3.8, 4) is 0 Å². The molecule has 2 aromatic heterocycles. The van der Waals surface area contributed by atoms with Gasteiger partial charge in [-0.15, -0.1) is 0 Å². The molecule has 1 saturated heterocycles. The fraction of sp³-hybridized carbons (Fsp3) is 0.533. The van der Waals surface area contributed by atoms with Gasteiger partial charge in [0, 0.05) is 12.1 Å². The third kappa shape index (κ3) is 3.73. The largest absolute Gasteiger partial charge is 0.348 e. The Labute approximate surface area is 140 Å². The van der Waals surface area contributed by atoms with Crippen LogP contribution < -0.4 is 5.32 Å². The van der Waals surface area contributed by atoms with Gasteiger partial charge >= 0.3 is 0 Å². The van der Waals surface area contributed by atoms with Gasteiger partial charge in [0.15, 0.2) is 11.3 Å². The Kier molecular flexibility index (Phi) is 4.89. The van der Waals surface area contributed by atoms with E-state index in [1.807, 2.05) is 7.05 Å². The molecule has 2 aromatic rings. The first-order valence-corrected chi connectivity index (χ1v) is 7.81. The lowest BCUT2D eigenvalue weighted by atomic mass is 10.1. The second-order valence-corrected chi connectivity index (χ2v) is 6.06. The number of nitrogens with one attached hydrogen (secondary N) is 1.